The van der Waals surface area contributed by atoms with E-state index in [0.29, 0.717) is 12.6 Å². The van der Waals surface area contributed by atoms with E-state index < -0.39 is 0 Å². The van der Waals surface area contributed by atoms with Gasteiger partial charge >= 0.3 is 0 Å². The Bertz CT molecular complexity index is 619. The minimum absolute atomic E-state index is 0.0207. The van der Waals surface area contributed by atoms with Gasteiger partial charge in [-0.05, 0) is 26.3 Å². The molecule has 0 bridgehead atoms. The number of carbonyl (C=O) groups is 1. The summed E-state index contributed by atoms with van der Waals surface area (Å²) in [7, 11) is 1.83. The van der Waals surface area contributed by atoms with E-state index in [1.807, 2.05) is 38.2 Å². The average molecular weight is 300 g/mol. The van der Waals surface area contributed by atoms with Crippen molar-refractivity contribution in [1.29, 1.82) is 0 Å². The van der Waals surface area contributed by atoms with Gasteiger partial charge in [0.2, 0.25) is 5.91 Å². The fourth-order valence-corrected chi connectivity index (χ4v) is 2.33. The van der Waals surface area contributed by atoms with Gasteiger partial charge in [-0.15, -0.1) is 0 Å². The van der Waals surface area contributed by atoms with E-state index in [1.54, 1.807) is 4.68 Å². The minimum atomic E-state index is -0.0207. The molecule has 5 nitrogen and oxygen atoms in total. The molecule has 0 fully saturated rings. The molecule has 0 aliphatic rings. The van der Waals surface area contributed by atoms with Crippen molar-refractivity contribution < 1.29 is 4.79 Å². The number of carbonyl (C=O) groups excluding carboxylic acids is 1. The number of aryl methyl sites for hydroxylation is 2. The lowest BCUT2D eigenvalue weighted by Gasteiger charge is -2.25. The molecule has 1 aromatic heterocycles. The van der Waals surface area contributed by atoms with Gasteiger partial charge in [-0.25, -0.2) is 0 Å². The van der Waals surface area contributed by atoms with E-state index in [9.17, 15) is 4.79 Å². The summed E-state index contributed by atoms with van der Waals surface area (Å²) in [6.07, 6.45) is 0. The third-order valence-corrected chi connectivity index (χ3v) is 3.57. The van der Waals surface area contributed by atoms with Crippen LogP contribution >= 0.6 is 0 Å². The van der Waals surface area contributed by atoms with Crippen molar-refractivity contribution in [3.8, 4) is 0 Å². The van der Waals surface area contributed by atoms with Crippen molar-refractivity contribution >= 4 is 11.7 Å². The Morgan fingerprint density at radius 2 is 2.00 bits per heavy atom. The topological polar surface area (TPSA) is 50.2 Å². The largest absolute Gasteiger partial charge is 0.310 e. The molecule has 2 rings (SSSR count). The zero-order valence-corrected chi connectivity index (χ0v) is 13.7. The van der Waals surface area contributed by atoms with Gasteiger partial charge in [0.15, 0.2) is 0 Å². The van der Waals surface area contributed by atoms with Crippen LogP contribution in [-0.2, 0) is 18.4 Å². The molecule has 118 valence electrons. The molecule has 1 N–H and O–H groups in total. The SMILES string of the molecule is Cc1cc(NC(=O)CN(Cc2ccccc2)C(C)C)n(C)n1. The predicted octanol–water partition coefficient (Wildman–Crippen LogP) is 2.58. The standard InChI is InChI=1S/C17H24N4O/c1-13(2)21(11-15-8-6-5-7-9-15)12-17(22)18-16-10-14(3)19-20(16)4/h5-10,13H,11-12H2,1-4H3,(H,18,22). The number of benzene rings is 1. The summed E-state index contributed by atoms with van der Waals surface area (Å²) in [4.78, 5) is 14.4. The van der Waals surface area contributed by atoms with Crippen LogP contribution in [0.25, 0.3) is 0 Å². The van der Waals surface area contributed by atoms with Crippen LogP contribution in [0.3, 0.4) is 0 Å². The second-order valence-electron chi connectivity index (χ2n) is 5.83. The summed E-state index contributed by atoms with van der Waals surface area (Å²) < 4.78 is 1.68. The Labute approximate surface area is 131 Å². The Morgan fingerprint density at radius 3 is 2.55 bits per heavy atom. The highest BCUT2D eigenvalue weighted by molar-refractivity contribution is 5.91. The van der Waals surface area contributed by atoms with Crippen LogP contribution in [0.15, 0.2) is 36.4 Å². The summed E-state index contributed by atoms with van der Waals surface area (Å²) in [5, 5.41) is 7.16. The maximum atomic E-state index is 12.3. The molecule has 22 heavy (non-hydrogen) atoms. The molecule has 0 saturated carbocycles. The van der Waals surface area contributed by atoms with Crippen molar-refractivity contribution in [3.05, 3.63) is 47.7 Å². The molecular formula is C17H24N4O. The summed E-state index contributed by atoms with van der Waals surface area (Å²) in [5.41, 5.74) is 2.10. The quantitative estimate of drug-likeness (QED) is 0.892. The summed E-state index contributed by atoms with van der Waals surface area (Å²) >= 11 is 0. The lowest BCUT2D eigenvalue weighted by atomic mass is 10.2. The molecule has 0 saturated heterocycles. The first-order valence-corrected chi connectivity index (χ1v) is 7.54. The van der Waals surface area contributed by atoms with Gasteiger partial charge in [0.05, 0.1) is 12.2 Å². The van der Waals surface area contributed by atoms with E-state index in [0.717, 1.165) is 18.1 Å². The van der Waals surface area contributed by atoms with E-state index in [-0.39, 0.29) is 5.91 Å². The zero-order valence-electron chi connectivity index (χ0n) is 13.7. The molecule has 0 spiro atoms. The summed E-state index contributed by atoms with van der Waals surface area (Å²) in [6, 6.07) is 12.4. The van der Waals surface area contributed by atoms with Crippen molar-refractivity contribution in [1.82, 2.24) is 14.7 Å². The molecule has 0 aliphatic carbocycles. The maximum absolute atomic E-state index is 12.3. The van der Waals surface area contributed by atoms with Gasteiger partial charge in [-0.2, -0.15) is 5.10 Å². The van der Waals surface area contributed by atoms with Crippen molar-refractivity contribution in [3.63, 3.8) is 0 Å². The van der Waals surface area contributed by atoms with Crippen LogP contribution in [0, 0.1) is 6.92 Å². The number of hydrogen-bond acceptors (Lipinski definition) is 3. The van der Waals surface area contributed by atoms with Crippen LogP contribution in [0.4, 0.5) is 5.82 Å². The van der Waals surface area contributed by atoms with Gasteiger partial charge in [0.1, 0.15) is 5.82 Å². The average Bonchev–Trinajstić information content (AvgIpc) is 2.77. The fraction of sp³-hybridized carbons (Fsp3) is 0.412. The van der Waals surface area contributed by atoms with Gasteiger partial charge in [0, 0.05) is 25.7 Å². The second-order valence-corrected chi connectivity index (χ2v) is 5.83. The number of nitrogens with one attached hydrogen (secondary N) is 1. The monoisotopic (exact) mass is 300 g/mol. The van der Waals surface area contributed by atoms with Crippen molar-refractivity contribution in [2.45, 2.75) is 33.4 Å². The van der Waals surface area contributed by atoms with Crippen LogP contribution in [-0.4, -0.2) is 33.2 Å². The number of hydrogen-bond donors (Lipinski definition) is 1. The molecule has 0 atom stereocenters. The number of anilines is 1. The smallest absolute Gasteiger partial charge is 0.239 e. The summed E-state index contributed by atoms with van der Waals surface area (Å²) in [5.74, 6) is 0.707. The number of rotatable bonds is 6. The van der Waals surface area contributed by atoms with Crippen molar-refractivity contribution in [2.24, 2.45) is 7.05 Å². The second kappa shape index (κ2) is 7.22. The third-order valence-electron chi connectivity index (χ3n) is 3.57. The molecular weight excluding hydrogens is 276 g/mol. The molecule has 1 aromatic carbocycles. The number of aromatic nitrogens is 2. The zero-order chi connectivity index (χ0) is 16.1. The van der Waals surface area contributed by atoms with E-state index in [4.69, 9.17) is 0 Å². The summed E-state index contributed by atoms with van der Waals surface area (Å²) in [6.45, 7) is 7.23. The molecule has 5 heteroatoms. The molecule has 2 aromatic rings. The highest BCUT2D eigenvalue weighted by atomic mass is 16.2. The Morgan fingerprint density at radius 1 is 1.32 bits per heavy atom. The molecule has 1 heterocycles. The first-order valence-electron chi connectivity index (χ1n) is 7.54. The highest BCUT2D eigenvalue weighted by Crippen LogP contribution is 2.10. The third kappa shape index (κ3) is 4.43. The van der Waals surface area contributed by atoms with Crippen LogP contribution in [0.5, 0.6) is 0 Å². The Hall–Kier alpha value is -2.14. The Balaban J connectivity index is 1.98. The molecule has 1 amide bonds. The van der Waals surface area contributed by atoms with Crippen LogP contribution in [0.2, 0.25) is 0 Å². The number of amides is 1. The van der Waals surface area contributed by atoms with Gasteiger partial charge in [-0.1, -0.05) is 30.3 Å². The molecule has 0 unspecified atom stereocenters. The van der Waals surface area contributed by atoms with Gasteiger partial charge in [-0.3, -0.25) is 14.4 Å². The first kappa shape index (κ1) is 16.2. The molecule has 0 aliphatic heterocycles. The lowest BCUT2D eigenvalue weighted by molar-refractivity contribution is -0.117. The minimum Gasteiger partial charge on any atom is -0.310 e. The number of nitrogens with zero attached hydrogens (tertiary/aromatic N) is 3. The lowest BCUT2D eigenvalue weighted by Crippen LogP contribution is -2.37. The van der Waals surface area contributed by atoms with E-state index in [1.165, 1.54) is 5.56 Å². The Kier molecular flexibility index (Phi) is 5.33. The van der Waals surface area contributed by atoms with Gasteiger partial charge < -0.3 is 5.32 Å². The fourth-order valence-electron chi connectivity index (χ4n) is 2.33. The van der Waals surface area contributed by atoms with Crippen LogP contribution in [0.1, 0.15) is 25.1 Å². The van der Waals surface area contributed by atoms with Gasteiger partial charge in [0.25, 0.3) is 0 Å². The van der Waals surface area contributed by atoms with E-state index >= 15 is 0 Å². The first-order chi connectivity index (χ1) is 10.5. The van der Waals surface area contributed by atoms with Crippen molar-refractivity contribution in [2.75, 3.05) is 11.9 Å². The van der Waals surface area contributed by atoms with E-state index in [2.05, 4.69) is 41.3 Å². The highest BCUT2D eigenvalue weighted by Gasteiger charge is 2.15. The normalized spacial score (nSPS) is 11.2. The predicted molar refractivity (Wildman–Crippen MR) is 88.6 cm³/mol. The maximum Gasteiger partial charge on any atom is 0.239 e. The molecule has 0 radical (unpaired) electrons. The van der Waals surface area contributed by atoms with Crippen LogP contribution < -0.4 is 5.32 Å².